The first-order valence-electron chi connectivity index (χ1n) is 18.8. The van der Waals surface area contributed by atoms with Crippen molar-refractivity contribution in [2.75, 3.05) is 20.3 Å². The number of nitrogens with one attached hydrogen (secondary N) is 2. The van der Waals surface area contributed by atoms with Crippen molar-refractivity contribution in [3.8, 4) is 5.75 Å². The second kappa shape index (κ2) is 23.3. The van der Waals surface area contributed by atoms with E-state index in [-0.39, 0.29) is 37.9 Å². The number of ether oxygens (including phenoxy) is 3. The number of methoxy groups -OCH3 is 1. The molecule has 0 saturated heterocycles. The van der Waals surface area contributed by atoms with Crippen molar-refractivity contribution in [2.24, 2.45) is 11.8 Å². The van der Waals surface area contributed by atoms with Crippen LogP contribution in [0.25, 0.3) is 0 Å². The third kappa shape index (κ3) is 14.3. The van der Waals surface area contributed by atoms with Gasteiger partial charge >= 0.3 is 5.97 Å². The fourth-order valence-corrected chi connectivity index (χ4v) is 6.36. The fourth-order valence-electron chi connectivity index (χ4n) is 6.36. The Balaban J connectivity index is 1.41. The van der Waals surface area contributed by atoms with E-state index in [9.17, 15) is 19.5 Å². The van der Waals surface area contributed by atoms with Crippen LogP contribution >= 0.6 is 0 Å². The summed E-state index contributed by atoms with van der Waals surface area (Å²) in [6.45, 7) is 7.86. The number of allylic oxidation sites excluding steroid dienone is 2. The summed E-state index contributed by atoms with van der Waals surface area (Å²) in [5.41, 5.74) is 3.68. The van der Waals surface area contributed by atoms with E-state index in [0.717, 1.165) is 16.7 Å². The van der Waals surface area contributed by atoms with Crippen LogP contribution in [0.1, 0.15) is 54.0 Å². The first-order chi connectivity index (χ1) is 26.8. The highest BCUT2D eigenvalue weighted by Gasteiger charge is 2.33. The number of rotatable bonds is 24. The summed E-state index contributed by atoms with van der Waals surface area (Å²) in [6.07, 6.45) is 4.67. The zero-order chi connectivity index (χ0) is 39.3. The zero-order valence-corrected chi connectivity index (χ0v) is 31.7. The average molecular weight is 747 g/mol. The molecule has 4 aromatic carbocycles. The van der Waals surface area contributed by atoms with Gasteiger partial charge < -0.3 is 30.0 Å². The molecule has 55 heavy (non-hydrogen) atoms. The van der Waals surface area contributed by atoms with Crippen LogP contribution in [0.15, 0.2) is 141 Å². The second-order valence-electron chi connectivity index (χ2n) is 13.6. The van der Waals surface area contributed by atoms with Crippen LogP contribution in [-0.4, -0.2) is 55.3 Å². The normalized spacial score (nSPS) is 13.6. The number of hydrogen-bond donors (Lipinski definition) is 3. The van der Waals surface area contributed by atoms with Gasteiger partial charge in [0.2, 0.25) is 11.8 Å². The lowest BCUT2D eigenvalue weighted by Gasteiger charge is -2.30. The van der Waals surface area contributed by atoms with Crippen LogP contribution in [0, 0.1) is 11.8 Å². The summed E-state index contributed by atoms with van der Waals surface area (Å²) in [5.74, 6) is -1.68. The van der Waals surface area contributed by atoms with Gasteiger partial charge in [-0.25, -0.2) is 0 Å². The lowest BCUT2D eigenvalue weighted by atomic mass is 9.94. The molecule has 0 aliphatic carbocycles. The van der Waals surface area contributed by atoms with E-state index in [2.05, 4.69) is 23.8 Å². The number of amides is 2. The van der Waals surface area contributed by atoms with E-state index in [1.165, 1.54) is 7.11 Å². The molecule has 0 aliphatic rings. The highest BCUT2D eigenvalue weighted by atomic mass is 16.5. The molecule has 0 fully saturated rings. The molecule has 0 spiro atoms. The fraction of sp³-hybridized carbons (Fsp3) is 0.326. The summed E-state index contributed by atoms with van der Waals surface area (Å²) in [5, 5.41) is 16.1. The van der Waals surface area contributed by atoms with E-state index in [1.807, 2.05) is 115 Å². The number of carbonyl (C=O) groups is 3. The van der Waals surface area contributed by atoms with E-state index in [1.54, 1.807) is 12.2 Å². The molecule has 4 aromatic rings. The minimum Gasteiger partial charge on any atom is -0.489 e. The Bertz CT molecular complexity index is 1750. The minimum atomic E-state index is -0.869. The number of aliphatic hydroxyl groups is 1. The van der Waals surface area contributed by atoms with Crippen LogP contribution in [0.3, 0.4) is 0 Å². The van der Waals surface area contributed by atoms with Crippen LogP contribution < -0.4 is 15.4 Å². The summed E-state index contributed by atoms with van der Waals surface area (Å²) < 4.78 is 17.7. The summed E-state index contributed by atoms with van der Waals surface area (Å²) in [4.78, 5) is 41.1. The molecule has 290 valence electrons. The van der Waals surface area contributed by atoms with Crippen molar-refractivity contribution >= 4 is 17.8 Å². The third-order valence-electron chi connectivity index (χ3n) is 9.28. The molecule has 5 atom stereocenters. The Hall–Kier alpha value is -5.51. The Morgan fingerprint density at radius 1 is 0.745 bits per heavy atom. The molecule has 0 saturated carbocycles. The molecule has 0 unspecified atom stereocenters. The van der Waals surface area contributed by atoms with Crippen molar-refractivity contribution in [1.29, 1.82) is 0 Å². The van der Waals surface area contributed by atoms with E-state index < -0.39 is 35.9 Å². The maximum atomic E-state index is 13.9. The van der Waals surface area contributed by atoms with Gasteiger partial charge in [-0.15, -0.1) is 13.2 Å². The summed E-state index contributed by atoms with van der Waals surface area (Å²) in [7, 11) is 1.51. The zero-order valence-electron chi connectivity index (χ0n) is 31.7. The summed E-state index contributed by atoms with van der Waals surface area (Å²) in [6, 6.07) is 35.1. The smallest absolute Gasteiger partial charge is 0.309 e. The Morgan fingerprint density at radius 3 is 1.96 bits per heavy atom. The van der Waals surface area contributed by atoms with Gasteiger partial charge in [0.15, 0.2) is 0 Å². The Kier molecular flexibility index (Phi) is 17.9. The van der Waals surface area contributed by atoms with Gasteiger partial charge in [-0.1, -0.05) is 115 Å². The molecule has 4 rings (SSSR count). The largest absolute Gasteiger partial charge is 0.489 e. The molecular weight excluding hydrogens is 693 g/mol. The molecule has 0 radical (unpaired) electrons. The standard InChI is InChI=1S/C46H54N2O7/c1-4-6-21-39(28-34-17-10-7-11-18-34)46(52)55-44(37-22-14-9-15-23-37)42(33-53-3)48-45(51)38(16-5-2)30-43(50)47-40(31-49)29-35-24-26-41(27-25-35)54-32-36-19-12-8-13-20-36/h4-5,7-15,17-20,22-27,38-40,42,44,49H,1-2,6,16,21,28-33H2,3H3,(H,47,50)(H,48,51)/t38-,39-,40+,42+,44+/m1/s1. The van der Waals surface area contributed by atoms with Crippen molar-refractivity contribution in [3.63, 3.8) is 0 Å². The molecule has 0 aromatic heterocycles. The van der Waals surface area contributed by atoms with Gasteiger partial charge in [-0.2, -0.15) is 0 Å². The highest BCUT2D eigenvalue weighted by Crippen LogP contribution is 2.27. The number of benzene rings is 4. The molecule has 9 heteroatoms. The average Bonchev–Trinajstić information content (AvgIpc) is 3.21. The highest BCUT2D eigenvalue weighted by molar-refractivity contribution is 5.86. The van der Waals surface area contributed by atoms with Gasteiger partial charge in [0, 0.05) is 13.5 Å². The molecule has 3 N–H and O–H groups in total. The number of esters is 1. The van der Waals surface area contributed by atoms with E-state index in [4.69, 9.17) is 14.2 Å². The SMILES string of the molecule is C=CCC[C@H](Cc1ccccc1)C(=O)O[C@@H](c1ccccc1)[C@H](COC)NC(=O)[C@H](CC=C)CC(=O)N[C@H](CO)Cc1ccc(OCc2ccccc2)cc1. The monoisotopic (exact) mass is 746 g/mol. The topological polar surface area (TPSA) is 123 Å². The van der Waals surface area contributed by atoms with Gasteiger partial charge in [0.1, 0.15) is 18.5 Å². The van der Waals surface area contributed by atoms with Crippen molar-refractivity contribution in [2.45, 2.75) is 63.3 Å². The first kappa shape index (κ1) is 42.2. The predicted molar refractivity (Wildman–Crippen MR) is 215 cm³/mol. The van der Waals surface area contributed by atoms with Crippen LogP contribution in [0.5, 0.6) is 5.75 Å². The van der Waals surface area contributed by atoms with Crippen LogP contribution in [0.4, 0.5) is 0 Å². The molecule has 0 aliphatic heterocycles. The summed E-state index contributed by atoms with van der Waals surface area (Å²) >= 11 is 0. The predicted octanol–water partition coefficient (Wildman–Crippen LogP) is 7.11. The Labute approximate surface area is 325 Å². The van der Waals surface area contributed by atoms with Gasteiger partial charge in [-0.05, 0) is 66.5 Å². The van der Waals surface area contributed by atoms with Gasteiger partial charge in [-0.3, -0.25) is 14.4 Å². The molecule has 2 amide bonds. The first-order valence-corrected chi connectivity index (χ1v) is 18.8. The maximum absolute atomic E-state index is 13.9. The van der Waals surface area contributed by atoms with Crippen LogP contribution in [-0.2, 0) is 43.3 Å². The van der Waals surface area contributed by atoms with Crippen LogP contribution in [0.2, 0.25) is 0 Å². The molecule has 9 nitrogen and oxygen atoms in total. The van der Waals surface area contributed by atoms with Crippen molar-refractivity contribution in [1.82, 2.24) is 10.6 Å². The van der Waals surface area contributed by atoms with Crippen molar-refractivity contribution in [3.05, 3.63) is 163 Å². The Morgan fingerprint density at radius 2 is 1.36 bits per heavy atom. The van der Waals surface area contributed by atoms with E-state index >= 15 is 0 Å². The maximum Gasteiger partial charge on any atom is 0.309 e. The third-order valence-corrected chi connectivity index (χ3v) is 9.28. The quantitative estimate of drug-likeness (QED) is 0.0516. The number of aliphatic hydroxyl groups excluding tert-OH is 1. The van der Waals surface area contributed by atoms with Gasteiger partial charge in [0.25, 0.3) is 0 Å². The molecule has 0 heterocycles. The number of hydrogen-bond acceptors (Lipinski definition) is 7. The molecule has 0 bridgehead atoms. The van der Waals surface area contributed by atoms with E-state index in [0.29, 0.717) is 43.6 Å². The number of carbonyl (C=O) groups excluding carboxylic acids is 3. The molecular formula is C46H54N2O7. The lowest BCUT2D eigenvalue weighted by Crippen LogP contribution is -2.47. The second-order valence-corrected chi connectivity index (χ2v) is 13.6. The minimum absolute atomic E-state index is 0.0459. The van der Waals surface area contributed by atoms with Gasteiger partial charge in [0.05, 0.1) is 37.1 Å². The lowest BCUT2D eigenvalue weighted by molar-refractivity contribution is -0.158. The van der Waals surface area contributed by atoms with Crippen molar-refractivity contribution < 1.29 is 33.7 Å².